The van der Waals surface area contributed by atoms with Gasteiger partial charge in [-0.1, -0.05) is 399 Å². The summed E-state index contributed by atoms with van der Waals surface area (Å²) in [6, 6.07) is 0. The average Bonchev–Trinajstić information content (AvgIpc) is 1.08. The highest BCUT2D eigenvalue weighted by molar-refractivity contribution is 7.47. The van der Waals surface area contributed by atoms with E-state index in [-0.39, 0.29) is 32.0 Å². The topological polar surface area (TPSA) is 108 Å². The van der Waals surface area contributed by atoms with Crippen molar-refractivity contribution in [2.75, 3.05) is 47.5 Å². The van der Waals surface area contributed by atoms with Crippen LogP contribution in [0.4, 0.5) is 0 Å². The Morgan fingerprint density at radius 3 is 0.867 bits per heavy atom. The van der Waals surface area contributed by atoms with Gasteiger partial charge in [-0.25, -0.2) is 4.57 Å². The Balaban J connectivity index is 3.97. The number of rotatable bonds is 77. The first-order chi connectivity index (χ1) is 48.0. The molecule has 0 bridgehead atoms. The van der Waals surface area contributed by atoms with E-state index in [0.717, 1.165) is 103 Å². The highest BCUT2D eigenvalue weighted by Gasteiger charge is 2.27. The molecule has 0 saturated carbocycles. The van der Waals surface area contributed by atoms with Crippen LogP contribution in [0.3, 0.4) is 0 Å². The van der Waals surface area contributed by atoms with Crippen LogP contribution in [0.25, 0.3) is 0 Å². The minimum atomic E-state index is -4.41. The van der Waals surface area contributed by atoms with Crippen molar-refractivity contribution in [3.63, 3.8) is 0 Å². The molecule has 2 unspecified atom stereocenters. The van der Waals surface area contributed by atoms with E-state index in [1.54, 1.807) is 0 Å². The van der Waals surface area contributed by atoms with Gasteiger partial charge in [0, 0.05) is 12.8 Å². The predicted molar refractivity (Wildman–Crippen MR) is 427 cm³/mol. The number of allylic oxidation sites excluding steroid dienone is 18. The third-order valence-electron chi connectivity index (χ3n) is 18.3. The number of quaternary nitrogens is 1. The minimum Gasteiger partial charge on any atom is -0.462 e. The Hall–Kier alpha value is -3.33. The van der Waals surface area contributed by atoms with Gasteiger partial charge in [0.15, 0.2) is 6.10 Å². The molecule has 0 rings (SSSR count). The van der Waals surface area contributed by atoms with Crippen LogP contribution in [0.1, 0.15) is 386 Å². The van der Waals surface area contributed by atoms with Gasteiger partial charge in [0.25, 0.3) is 0 Å². The fourth-order valence-electron chi connectivity index (χ4n) is 12.0. The Morgan fingerprint density at radius 2 is 0.582 bits per heavy atom. The van der Waals surface area contributed by atoms with E-state index in [4.69, 9.17) is 18.5 Å². The molecule has 0 aromatic heterocycles. The van der Waals surface area contributed by atoms with Crippen molar-refractivity contribution in [1.82, 2.24) is 0 Å². The van der Waals surface area contributed by atoms with Gasteiger partial charge in [-0.2, -0.15) is 0 Å². The first kappa shape index (κ1) is 94.7. The number of phosphoric acid groups is 1. The fourth-order valence-corrected chi connectivity index (χ4v) is 12.8. The molecule has 0 heterocycles. The second-order valence-corrected chi connectivity index (χ2v) is 30.6. The lowest BCUT2D eigenvalue weighted by Crippen LogP contribution is -2.37. The summed E-state index contributed by atoms with van der Waals surface area (Å²) in [5.74, 6) is -0.800. The van der Waals surface area contributed by atoms with Crippen LogP contribution in [-0.2, 0) is 32.7 Å². The van der Waals surface area contributed by atoms with Gasteiger partial charge in [-0.15, -0.1) is 0 Å². The molecule has 98 heavy (non-hydrogen) atoms. The fraction of sp³-hybridized carbons (Fsp3) is 0.773. The van der Waals surface area contributed by atoms with E-state index in [1.807, 2.05) is 21.1 Å². The highest BCUT2D eigenvalue weighted by atomic mass is 31.2. The molecule has 0 amide bonds. The van der Waals surface area contributed by atoms with Crippen LogP contribution in [0, 0.1) is 0 Å². The quantitative estimate of drug-likeness (QED) is 0.0211. The summed E-state index contributed by atoms with van der Waals surface area (Å²) in [7, 11) is 1.47. The number of likely N-dealkylation sites (N-methyl/N-ethyl adjacent to an activating group) is 1. The maximum absolute atomic E-state index is 12.9. The molecule has 0 aromatic carbocycles. The number of hydrogen-bond acceptors (Lipinski definition) is 7. The van der Waals surface area contributed by atoms with E-state index in [9.17, 15) is 19.0 Å². The van der Waals surface area contributed by atoms with E-state index in [2.05, 4.69) is 123 Å². The SMILES string of the molecule is CC/C=C\C/C=C\C/C=C\C/C=C\C/C=C\C/C=C\C/C=C\C/C=C\C/C=C\CCCCCCCCCC(=O)OC(COC(=O)CCCCCCCCCCCCCCCCCCCCCCCCCCCCCCCCCCCCCCCCC)COP(=O)(O)OCC[N+](C)(C)C. The van der Waals surface area contributed by atoms with Gasteiger partial charge in [0.2, 0.25) is 0 Å². The van der Waals surface area contributed by atoms with Crippen molar-refractivity contribution < 1.29 is 42.1 Å². The number of unbranched alkanes of at least 4 members (excludes halogenated alkanes) is 45. The van der Waals surface area contributed by atoms with Crippen LogP contribution in [0.15, 0.2) is 109 Å². The number of carbonyl (C=O) groups excluding carboxylic acids is 2. The summed E-state index contributed by atoms with van der Waals surface area (Å²) < 4.78 is 34.8. The Bertz CT molecular complexity index is 2030. The Morgan fingerprint density at radius 1 is 0.327 bits per heavy atom. The largest absolute Gasteiger partial charge is 0.472 e. The number of phosphoric ester groups is 1. The monoisotopic (exact) mass is 1390 g/mol. The molecule has 0 radical (unpaired) electrons. The maximum atomic E-state index is 12.9. The lowest BCUT2D eigenvalue weighted by atomic mass is 10.0. The van der Waals surface area contributed by atoms with Gasteiger partial charge in [0.05, 0.1) is 27.7 Å². The van der Waals surface area contributed by atoms with Crippen LogP contribution >= 0.6 is 7.82 Å². The zero-order valence-corrected chi connectivity index (χ0v) is 65.9. The molecular weight excluding hydrogens is 1230 g/mol. The molecule has 0 saturated heterocycles. The van der Waals surface area contributed by atoms with E-state index in [1.165, 1.54) is 250 Å². The summed E-state index contributed by atoms with van der Waals surface area (Å²) in [6.07, 6.45) is 111. The molecule has 1 N–H and O–H groups in total. The van der Waals surface area contributed by atoms with Gasteiger partial charge in [-0.05, 0) is 83.5 Å². The predicted octanol–water partition coefficient (Wildman–Crippen LogP) is 28.0. The van der Waals surface area contributed by atoms with Gasteiger partial charge < -0.3 is 18.9 Å². The van der Waals surface area contributed by atoms with E-state index >= 15 is 0 Å². The van der Waals surface area contributed by atoms with Crippen molar-refractivity contribution in [3.8, 4) is 0 Å². The summed E-state index contributed by atoms with van der Waals surface area (Å²) >= 11 is 0. The number of carbonyl (C=O) groups is 2. The molecule has 0 aromatic rings. The number of esters is 2. The summed E-state index contributed by atoms with van der Waals surface area (Å²) in [5, 5.41) is 0. The lowest BCUT2D eigenvalue weighted by molar-refractivity contribution is -0.870. The third kappa shape index (κ3) is 81.6. The van der Waals surface area contributed by atoms with Gasteiger partial charge >= 0.3 is 19.8 Å². The van der Waals surface area contributed by atoms with Crippen LogP contribution < -0.4 is 0 Å². The molecule has 0 spiro atoms. The first-order valence-electron chi connectivity index (χ1n) is 41.6. The molecule has 0 aliphatic rings. The zero-order chi connectivity index (χ0) is 71.1. The summed E-state index contributed by atoms with van der Waals surface area (Å²) in [6.45, 7) is 4.35. The van der Waals surface area contributed by atoms with Crippen molar-refractivity contribution in [3.05, 3.63) is 109 Å². The molecular formula is C88H159NO8P+. The van der Waals surface area contributed by atoms with Crippen LogP contribution in [0.5, 0.6) is 0 Å². The summed E-state index contributed by atoms with van der Waals surface area (Å²) in [4.78, 5) is 36.0. The number of ether oxygens (including phenoxy) is 2. The summed E-state index contributed by atoms with van der Waals surface area (Å²) in [5.41, 5.74) is 0. The molecule has 568 valence electrons. The number of nitrogens with zero attached hydrogens (tertiary/aromatic N) is 1. The minimum absolute atomic E-state index is 0.0260. The first-order valence-corrected chi connectivity index (χ1v) is 43.1. The molecule has 0 aliphatic heterocycles. The molecule has 9 nitrogen and oxygen atoms in total. The van der Waals surface area contributed by atoms with Crippen molar-refractivity contribution in [1.29, 1.82) is 0 Å². The van der Waals surface area contributed by atoms with Gasteiger partial charge in [0.1, 0.15) is 19.8 Å². The molecule has 10 heteroatoms. The second kappa shape index (κ2) is 77.8. The van der Waals surface area contributed by atoms with Crippen molar-refractivity contribution >= 4 is 19.8 Å². The standard InChI is InChI=1S/C88H158NO8P/c1-6-8-10-12-14-16-18-20-22-24-26-28-30-32-34-36-38-40-42-43-44-45-47-48-50-52-54-56-58-60-62-64-66-68-70-72-74-76-78-80-87(90)94-84-86(85-96-98(92,93)95-83-82-89(3,4)5)97-88(91)81-79-77-75-73-71-69-67-65-63-61-59-57-55-53-51-49-46-41-39-37-35-33-31-29-27-25-23-21-19-17-15-13-11-9-7-2/h9,11,15,17,21,23,27,29,33,35,39,41,49,51,55,57,61,63,86H,6-8,10,12-14,16,18-20,22,24-26,28,30-32,34,36-38,40,42-48,50,52-54,56,58-60,62,64-85H2,1-5H3/p+1/b11-9-,17-15-,23-21-,29-27-,35-33-,41-39-,51-49-,57-55-,63-61-. The molecule has 2 atom stereocenters. The normalized spacial score (nSPS) is 13.6. The van der Waals surface area contributed by atoms with Gasteiger partial charge in [-0.3, -0.25) is 18.6 Å². The molecule has 0 aliphatic carbocycles. The average molecular weight is 1390 g/mol. The number of hydrogen-bond donors (Lipinski definition) is 1. The van der Waals surface area contributed by atoms with E-state index < -0.39 is 26.5 Å². The second-order valence-electron chi connectivity index (χ2n) is 29.1. The van der Waals surface area contributed by atoms with Crippen molar-refractivity contribution in [2.45, 2.75) is 392 Å². The third-order valence-corrected chi connectivity index (χ3v) is 19.3. The van der Waals surface area contributed by atoms with Crippen LogP contribution in [0.2, 0.25) is 0 Å². The van der Waals surface area contributed by atoms with Crippen molar-refractivity contribution in [2.24, 2.45) is 0 Å². The van der Waals surface area contributed by atoms with Crippen LogP contribution in [-0.4, -0.2) is 74.9 Å². The Labute approximate surface area is 607 Å². The Kier molecular flexibility index (Phi) is 75.2. The van der Waals surface area contributed by atoms with E-state index in [0.29, 0.717) is 17.4 Å². The lowest BCUT2D eigenvalue weighted by Gasteiger charge is -2.24. The maximum Gasteiger partial charge on any atom is 0.472 e. The smallest absolute Gasteiger partial charge is 0.462 e. The zero-order valence-electron chi connectivity index (χ0n) is 65.0. The molecule has 0 fully saturated rings. The highest BCUT2D eigenvalue weighted by Crippen LogP contribution is 2.43.